The molecule has 1 aliphatic rings. The zero-order valence-corrected chi connectivity index (χ0v) is 10.6. The van der Waals surface area contributed by atoms with Gasteiger partial charge in [0.05, 0.1) is 24.4 Å². The van der Waals surface area contributed by atoms with Crippen LogP contribution in [-0.2, 0) is 14.3 Å². The van der Waals surface area contributed by atoms with Crippen LogP contribution in [0.5, 0.6) is 0 Å². The van der Waals surface area contributed by atoms with E-state index >= 15 is 0 Å². The minimum absolute atomic E-state index is 0.138. The summed E-state index contributed by atoms with van der Waals surface area (Å²) >= 11 is 5.88. The lowest BCUT2D eigenvalue weighted by molar-refractivity contribution is -0.145. The van der Waals surface area contributed by atoms with E-state index < -0.39 is 5.92 Å². The number of nitrogens with zero attached hydrogens (tertiary/aromatic N) is 1. The van der Waals surface area contributed by atoms with Crippen molar-refractivity contribution in [3.63, 3.8) is 0 Å². The monoisotopic (exact) mass is 268 g/mol. The van der Waals surface area contributed by atoms with Crippen molar-refractivity contribution in [2.24, 2.45) is 5.92 Å². The zero-order valence-electron chi connectivity index (χ0n) is 9.85. The maximum atomic E-state index is 11.9. The van der Waals surface area contributed by atoms with E-state index in [9.17, 15) is 9.59 Å². The van der Waals surface area contributed by atoms with Crippen LogP contribution in [0.15, 0.2) is 18.2 Å². The SMILES string of the molecule is COC(=O)C1CC(=O)N(c2cc(Cl)ccc2N)C1. The summed E-state index contributed by atoms with van der Waals surface area (Å²) in [5.74, 6) is -0.980. The summed E-state index contributed by atoms with van der Waals surface area (Å²) in [5, 5.41) is 0.494. The Balaban J connectivity index is 2.27. The number of nitrogen functional groups attached to an aromatic ring is 1. The topological polar surface area (TPSA) is 72.6 Å². The largest absolute Gasteiger partial charge is 0.469 e. The fourth-order valence-electron chi connectivity index (χ4n) is 2.02. The molecule has 1 aliphatic heterocycles. The van der Waals surface area contributed by atoms with Gasteiger partial charge in [-0.2, -0.15) is 0 Å². The van der Waals surface area contributed by atoms with Gasteiger partial charge in [0.25, 0.3) is 0 Å². The number of nitrogens with two attached hydrogens (primary N) is 1. The van der Waals surface area contributed by atoms with Crippen LogP contribution in [-0.4, -0.2) is 25.5 Å². The molecule has 96 valence electrons. The third kappa shape index (κ3) is 2.26. The molecule has 1 saturated heterocycles. The molecule has 2 N–H and O–H groups in total. The highest BCUT2D eigenvalue weighted by Gasteiger charge is 2.36. The quantitative estimate of drug-likeness (QED) is 0.651. The number of rotatable bonds is 2. The van der Waals surface area contributed by atoms with E-state index in [0.717, 1.165) is 0 Å². The second kappa shape index (κ2) is 4.86. The van der Waals surface area contributed by atoms with Crippen LogP contribution in [0, 0.1) is 5.92 Å². The molecule has 1 fully saturated rings. The average Bonchev–Trinajstić information content (AvgIpc) is 2.73. The van der Waals surface area contributed by atoms with Crippen LogP contribution in [0.25, 0.3) is 0 Å². The van der Waals surface area contributed by atoms with Crippen LogP contribution in [0.3, 0.4) is 0 Å². The lowest BCUT2D eigenvalue weighted by Crippen LogP contribution is -2.26. The third-order valence-corrected chi connectivity index (χ3v) is 3.18. The molecule has 1 heterocycles. The molecule has 0 aromatic heterocycles. The van der Waals surface area contributed by atoms with Gasteiger partial charge in [-0.3, -0.25) is 9.59 Å². The van der Waals surface area contributed by atoms with E-state index in [0.29, 0.717) is 16.4 Å². The Morgan fingerprint density at radius 2 is 2.28 bits per heavy atom. The summed E-state index contributed by atoms with van der Waals surface area (Å²) in [6.45, 7) is 0.274. The van der Waals surface area contributed by atoms with Gasteiger partial charge in [0.15, 0.2) is 0 Å². The van der Waals surface area contributed by atoms with E-state index in [1.54, 1.807) is 18.2 Å². The zero-order chi connectivity index (χ0) is 13.3. The number of carbonyl (C=O) groups excluding carboxylic acids is 2. The van der Waals surface area contributed by atoms with Gasteiger partial charge < -0.3 is 15.4 Å². The molecule has 1 unspecified atom stereocenters. The first kappa shape index (κ1) is 12.7. The molecule has 0 bridgehead atoms. The Morgan fingerprint density at radius 1 is 1.56 bits per heavy atom. The summed E-state index contributed by atoms with van der Waals surface area (Å²) in [6, 6.07) is 4.91. The fraction of sp³-hybridized carbons (Fsp3) is 0.333. The number of amides is 1. The van der Waals surface area contributed by atoms with Crippen molar-refractivity contribution in [1.29, 1.82) is 0 Å². The Morgan fingerprint density at radius 3 is 2.94 bits per heavy atom. The highest BCUT2D eigenvalue weighted by Crippen LogP contribution is 2.32. The smallest absolute Gasteiger partial charge is 0.311 e. The molecule has 1 atom stereocenters. The molecule has 1 aromatic rings. The first-order valence-corrected chi connectivity index (χ1v) is 5.84. The fourth-order valence-corrected chi connectivity index (χ4v) is 2.18. The van der Waals surface area contributed by atoms with E-state index in [1.165, 1.54) is 12.0 Å². The number of halogens is 1. The van der Waals surface area contributed by atoms with Gasteiger partial charge >= 0.3 is 5.97 Å². The van der Waals surface area contributed by atoms with Crippen molar-refractivity contribution in [1.82, 2.24) is 0 Å². The molecule has 0 aliphatic carbocycles. The normalized spacial score (nSPS) is 19.1. The Labute approximate surface area is 109 Å². The molecule has 0 saturated carbocycles. The lowest BCUT2D eigenvalue weighted by Gasteiger charge is -2.18. The molecule has 18 heavy (non-hydrogen) atoms. The minimum Gasteiger partial charge on any atom is -0.469 e. The van der Waals surface area contributed by atoms with E-state index in [4.69, 9.17) is 17.3 Å². The van der Waals surface area contributed by atoms with Crippen LogP contribution >= 0.6 is 11.6 Å². The maximum Gasteiger partial charge on any atom is 0.311 e. The van der Waals surface area contributed by atoms with Crippen molar-refractivity contribution in [2.45, 2.75) is 6.42 Å². The number of carbonyl (C=O) groups is 2. The second-order valence-corrected chi connectivity index (χ2v) is 4.57. The number of anilines is 2. The van der Waals surface area contributed by atoms with Crippen molar-refractivity contribution in [2.75, 3.05) is 24.3 Å². The van der Waals surface area contributed by atoms with Crippen LogP contribution in [0.2, 0.25) is 5.02 Å². The number of methoxy groups -OCH3 is 1. The molecule has 1 amide bonds. The number of hydrogen-bond donors (Lipinski definition) is 1. The molecular weight excluding hydrogens is 256 g/mol. The molecule has 0 radical (unpaired) electrons. The summed E-state index contributed by atoms with van der Waals surface area (Å²) in [4.78, 5) is 24.8. The van der Waals surface area contributed by atoms with Gasteiger partial charge in [-0.05, 0) is 18.2 Å². The van der Waals surface area contributed by atoms with Crippen LogP contribution in [0.1, 0.15) is 6.42 Å². The number of esters is 1. The van der Waals surface area contributed by atoms with E-state index in [2.05, 4.69) is 4.74 Å². The van der Waals surface area contributed by atoms with E-state index in [1.807, 2.05) is 0 Å². The maximum absolute atomic E-state index is 11.9. The summed E-state index contributed by atoms with van der Waals surface area (Å²) in [6.07, 6.45) is 0.138. The van der Waals surface area contributed by atoms with Crippen molar-refractivity contribution < 1.29 is 14.3 Å². The number of benzene rings is 1. The van der Waals surface area contributed by atoms with E-state index in [-0.39, 0.29) is 24.8 Å². The first-order chi connectivity index (χ1) is 8.52. The van der Waals surface area contributed by atoms with Crippen molar-refractivity contribution >= 4 is 34.9 Å². The Kier molecular flexibility index (Phi) is 3.43. The number of ether oxygens (including phenoxy) is 1. The summed E-state index contributed by atoms with van der Waals surface area (Å²) < 4.78 is 4.65. The predicted octanol–water partition coefficient (Wildman–Crippen LogP) is 1.45. The van der Waals surface area contributed by atoms with Crippen LogP contribution < -0.4 is 10.6 Å². The second-order valence-electron chi connectivity index (χ2n) is 4.13. The first-order valence-electron chi connectivity index (χ1n) is 5.46. The van der Waals surface area contributed by atoms with Crippen molar-refractivity contribution in [3.8, 4) is 0 Å². The van der Waals surface area contributed by atoms with Crippen LogP contribution in [0.4, 0.5) is 11.4 Å². The highest BCUT2D eigenvalue weighted by molar-refractivity contribution is 6.31. The van der Waals surface area contributed by atoms with Gasteiger partial charge in [0.1, 0.15) is 0 Å². The average molecular weight is 269 g/mol. The summed E-state index contributed by atoms with van der Waals surface area (Å²) in [7, 11) is 1.31. The summed E-state index contributed by atoms with van der Waals surface area (Å²) in [5.41, 5.74) is 6.81. The molecule has 0 spiro atoms. The van der Waals surface area contributed by atoms with Gasteiger partial charge in [0, 0.05) is 18.0 Å². The highest BCUT2D eigenvalue weighted by atomic mass is 35.5. The molecule has 6 heteroatoms. The molecule has 1 aromatic carbocycles. The molecule has 2 rings (SSSR count). The van der Waals surface area contributed by atoms with Gasteiger partial charge in [-0.1, -0.05) is 11.6 Å². The molecular formula is C12H13ClN2O3. The Bertz CT molecular complexity index is 504. The van der Waals surface area contributed by atoms with Gasteiger partial charge in [-0.15, -0.1) is 0 Å². The van der Waals surface area contributed by atoms with Crippen molar-refractivity contribution in [3.05, 3.63) is 23.2 Å². The van der Waals surface area contributed by atoms with Gasteiger partial charge in [0.2, 0.25) is 5.91 Å². The predicted molar refractivity (Wildman–Crippen MR) is 68.3 cm³/mol. The molecule has 5 nitrogen and oxygen atoms in total. The third-order valence-electron chi connectivity index (χ3n) is 2.94. The number of hydrogen-bond acceptors (Lipinski definition) is 4. The standard InChI is InChI=1S/C12H13ClN2O3/c1-18-12(17)7-4-11(16)15(6-7)10-5-8(13)2-3-9(10)14/h2-3,5,7H,4,6,14H2,1H3. The van der Waals surface area contributed by atoms with Gasteiger partial charge in [-0.25, -0.2) is 0 Å². The lowest BCUT2D eigenvalue weighted by atomic mass is 10.1. The Hall–Kier alpha value is -1.75. The minimum atomic E-state index is -0.444.